The minimum absolute atomic E-state index is 0.490. The summed E-state index contributed by atoms with van der Waals surface area (Å²) in [6.45, 7) is 0. The zero-order valence-corrected chi connectivity index (χ0v) is 11.0. The summed E-state index contributed by atoms with van der Waals surface area (Å²) in [5.74, 6) is -0.833. The molecule has 0 saturated heterocycles. The van der Waals surface area contributed by atoms with Crippen LogP contribution in [-0.4, -0.2) is 19.3 Å². The van der Waals surface area contributed by atoms with Crippen LogP contribution in [0.4, 0.5) is 0 Å². The highest BCUT2D eigenvalue weighted by atomic mass is 127. The molecule has 1 rings (SSSR count). The fraction of sp³-hybridized carbons (Fsp3) is 0.222. The maximum atomic E-state index is 10.9. The van der Waals surface area contributed by atoms with Crippen molar-refractivity contribution in [3.8, 4) is 0 Å². The summed E-state index contributed by atoms with van der Waals surface area (Å²) in [7, 11) is 0. The SMILES string of the molecule is O=C(O)[C@H](Cc1ccccc1)N(Br)I. The van der Waals surface area contributed by atoms with Crippen molar-refractivity contribution in [1.82, 2.24) is 2.14 Å². The lowest BCUT2D eigenvalue weighted by atomic mass is 10.1. The van der Waals surface area contributed by atoms with E-state index >= 15 is 0 Å². The molecule has 0 unspecified atom stereocenters. The van der Waals surface area contributed by atoms with Crippen LogP contribution < -0.4 is 0 Å². The second-order valence-electron chi connectivity index (χ2n) is 2.80. The molecule has 0 amide bonds. The van der Waals surface area contributed by atoms with Gasteiger partial charge in [-0.1, -0.05) is 30.3 Å². The largest absolute Gasteiger partial charge is 0.480 e. The Balaban J connectivity index is 2.70. The van der Waals surface area contributed by atoms with Crippen LogP contribution in [0.1, 0.15) is 5.56 Å². The Kier molecular flexibility index (Phi) is 4.83. The fourth-order valence-corrected chi connectivity index (χ4v) is 1.83. The number of benzene rings is 1. The minimum atomic E-state index is -0.833. The summed E-state index contributed by atoms with van der Waals surface area (Å²) in [6, 6.07) is 9.01. The smallest absolute Gasteiger partial charge is 0.323 e. The predicted octanol–water partition coefficient (Wildman–Crippen LogP) is 2.64. The van der Waals surface area contributed by atoms with Gasteiger partial charge in [0, 0.05) is 45.4 Å². The highest BCUT2D eigenvalue weighted by molar-refractivity contribution is 14.1. The first-order valence-corrected chi connectivity index (χ1v) is 5.66. The van der Waals surface area contributed by atoms with E-state index in [1.807, 2.05) is 53.2 Å². The molecule has 0 aliphatic heterocycles. The van der Waals surface area contributed by atoms with E-state index in [1.54, 1.807) is 0 Å². The molecule has 0 aromatic heterocycles. The molecule has 1 N–H and O–H groups in total. The van der Waals surface area contributed by atoms with Crippen LogP contribution in [0.25, 0.3) is 0 Å². The molecule has 1 atom stereocenters. The van der Waals surface area contributed by atoms with Gasteiger partial charge in [-0.3, -0.25) is 4.79 Å². The van der Waals surface area contributed by atoms with Crippen molar-refractivity contribution in [3.05, 3.63) is 35.9 Å². The van der Waals surface area contributed by atoms with E-state index in [9.17, 15) is 4.79 Å². The highest BCUT2D eigenvalue weighted by Gasteiger charge is 2.22. The molecule has 0 radical (unpaired) electrons. The van der Waals surface area contributed by atoms with Gasteiger partial charge in [0.1, 0.15) is 6.04 Å². The zero-order valence-electron chi connectivity index (χ0n) is 7.23. The van der Waals surface area contributed by atoms with Crippen LogP contribution in [0.3, 0.4) is 0 Å². The molecule has 0 fully saturated rings. The first kappa shape index (κ1) is 11.9. The van der Waals surface area contributed by atoms with Crippen molar-refractivity contribution >= 4 is 45.0 Å². The van der Waals surface area contributed by atoms with E-state index < -0.39 is 12.0 Å². The molecule has 1 aromatic carbocycles. The van der Waals surface area contributed by atoms with Crippen molar-refractivity contribution in [1.29, 1.82) is 0 Å². The Morgan fingerprint density at radius 1 is 1.50 bits per heavy atom. The van der Waals surface area contributed by atoms with Gasteiger partial charge >= 0.3 is 5.97 Å². The molecule has 14 heavy (non-hydrogen) atoms. The van der Waals surface area contributed by atoms with Gasteiger partial charge in [-0.2, -0.15) is 2.14 Å². The second-order valence-corrected chi connectivity index (χ2v) is 5.93. The summed E-state index contributed by atoms with van der Waals surface area (Å²) < 4.78 is 1.50. The van der Waals surface area contributed by atoms with E-state index in [0.29, 0.717) is 6.42 Å². The molecule has 5 heteroatoms. The Labute approximate surface area is 105 Å². The van der Waals surface area contributed by atoms with Crippen LogP contribution in [0.5, 0.6) is 0 Å². The molecule has 0 bridgehead atoms. The average Bonchev–Trinajstić information content (AvgIpc) is 2.15. The van der Waals surface area contributed by atoms with Gasteiger partial charge in [0.2, 0.25) is 0 Å². The topological polar surface area (TPSA) is 40.5 Å². The van der Waals surface area contributed by atoms with E-state index in [2.05, 4.69) is 16.1 Å². The molecule has 3 nitrogen and oxygen atoms in total. The number of halogens is 2. The van der Waals surface area contributed by atoms with Crippen LogP contribution >= 0.6 is 39.0 Å². The first-order valence-electron chi connectivity index (χ1n) is 3.99. The predicted molar refractivity (Wildman–Crippen MR) is 66.4 cm³/mol. The van der Waals surface area contributed by atoms with Gasteiger partial charge < -0.3 is 5.11 Å². The Morgan fingerprint density at radius 3 is 2.50 bits per heavy atom. The van der Waals surface area contributed by atoms with E-state index in [4.69, 9.17) is 5.11 Å². The van der Waals surface area contributed by atoms with E-state index in [-0.39, 0.29) is 0 Å². The average molecular weight is 370 g/mol. The molecule has 1 aromatic rings. The van der Waals surface area contributed by atoms with E-state index in [1.165, 1.54) is 2.14 Å². The zero-order chi connectivity index (χ0) is 10.6. The van der Waals surface area contributed by atoms with Gasteiger partial charge in [-0.15, -0.1) is 0 Å². The Morgan fingerprint density at radius 2 is 2.07 bits per heavy atom. The summed E-state index contributed by atoms with van der Waals surface area (Å²) in [5.41, 5.74) is 1.01. The minimum Gasteiger partial charge on any atom is -0.480 e. The number of rotatable bonds is 4. The van der Waals surface area contributed by atoms with Crippen molar-refractivity contribution in [2.45, 2.75) is 12.5 Å². The summed E-state index contributed by atoms with van der Waals surface area (Å²) in [5, 5.41) is 8.93. The molecule has 0 saturated carbocycles. The monoisotopic (exact) mass is 369 g/mol. The number of carboxylic acids is 1. The van der Waals surface area contributed by atoms with Gasteiger partial charge in [-0.25, -0.2) is 0 Å². The lowest BCUT2D eigenvalue weighted by Gasteiger charge is -2.15. The summed E-state index contributed by atoms with van der Waals surface area (Å²) in [4.78, 5) is 10.9. The van der Waals surface area contributed by atoms with Gasteiger partial charge in [0.15, 0.2) is 0 Å². The van der Waals surface area contributed by atoms with E-state index in [0.717, 1.165) is 5.56 Å². The number of nitrogens with zero attached hydrogens (tertiary/aromatic N) is 1. The third-order valence-corrected chi connectivity index (χ3v) is 2.96. The number of hydrogen-bond acceptors (Lipinski definition) is 2. The molecule has 0 aliphatic rings. The lowest BCUT2D eigenvalue weighted by Crippen LogP contribution is -2.30. The highest BCUT2D eigenvalue weighted by Crippen LogP contribution is 2.17. The maximum absolute atomic E-state index is 10.9. The first-order chi connectivity index (χ1) is 6.61. The van der Waals surface area contributed by atoms with Gasteiger partial charge in [0.05, 0.1) is 0 Å². The number of aliphatic carboxylic acids is 1. The second kappa shape index (κ2) is 5.67. The van der Waals surface area contributed by atoms with Crippen molar-refractivity contribution in [2.24, 2.45) is 0 Å². The lowest BCUT2D eigenvalue weighted by molar-refractivity contribution is -0.139. The summed E-state index contributed by atoms with van der Waals surface area (Å²) >= 11 is 5.05. The van der Waals surface area contributed by atoms with Crippen LogP contribution in [0.15, 0.2) is 30.3 Å². The third kappa shape index (κ3) is 3.55. The Bertz CT molecular complexity index is 305. The molecular weight excluding hydrogens is 361 g/mol. The standard InChI is InChI=1S/C9H9BrINO2/c10-12(11)8(9(13)14)6-7-4-2-1-3-5-7/h1-5,8H,6H2,(H,13,14)/t8-/m0/s1. The molecular formula is C9H9BrINO2. The molecule has 76 valence electrons. The van der Waals surface area contributed by atoms with Gasteiger partial charge in [-0.05, 0) is 5.56 Å². The van der Waals surface area contributed by atoms with Crippen LogP contribution in [0.2, 0.25) is 0 Å². The van der Waals surface area contributed by atoms with Gasteiger partial charge in [0.25, 0.3) is 0 Å². The number of carboxylic acid groups (broad SMARTS) is 1. The fourth-order valence-electron chi connectivity index (χ4n) is 1.08. The van der Waals surface area contributed by atoms with Crippen LogP contribution in [0, 0.1) is 0 Å². The number of hydrogen-bond donors (Lipinski definition) is 1. The normalized spacial score (nSPS) is 12.8. The van der Waals surface area contributed by atoms with Crippen LogP contribution in [-0.2, 0) is 11.2 Å². The van der Waals surface area contributed by atoms with Crippen molar-refractivity contribution in [3.63, 3.8) is 0 Å². The number of carbonyl (C=O) groups is 1. The molecule has 0 aliphatic carbocycles. The maximum Gasteiger partial charge on any atom is 0.323 e. The summed E-state index contributed by atoms with van der Waals surface area (Å²) in [6.07, 6.45) is 0.490. The Hall–Kier alpha value is -0.140. The van der Waals surface area contributed by atoms with Crippen molar-refractivity contribution < 1.29 is 9.90 Å². The third-order valence-electron chi connectivity index (χ3n) is 1.79. The quantitative estimate of drug-likeness (QED) is 0.655. The van der Waals surface area contributed by atoms with Crippen molar-refractivity contribution in [2.75, 3.05) is 0 Å². The molecule has 0 spiro atoms. The molecule has 0 heterocycles.